The number of aryl methyl sites for hydroxylation is 2. The molecule has 0 aliphatic carbocycles. The Bertz CT molecular complexity index is 439. The first-order chi connectivity index (χ1) is 8.19. The maximum Gasteiger partial charge on any atom is 0.243 e. The molecule has 0 saturated heterocycles. The highest BCUT2D eigenvalue weighted by Crippen LogP contribution is 2.05. The van der Waals surface area contributed by atoms with Crippen molar-refractivity contribution in [2.45, 2.75) is 53.1 Å². The molecule has 0 aliphatic rings. The van der Waals surface area contributed by atoms with Gasteiger partial charge in [0.2, 0.25) is 11.9 Å². The van der Waals surface area contributed by atoms with E-state index in [0.29, 0.717) is 5.95 Å². The average molecular weight is 251 g/mol. The van der Waals surface area contributed by atoms with E-state index in [4.69, 9.17) is 0 Å². The molecule has 0 bridgehead atoms. The minimum atomic E-state index is -0.409. The van der Waals surface area contributed by atoms with E-state index in [9.17, 15) is 4.79 Å². The second-order valence-corrected chi connectivity index (χ2v) is 5.41. The number of aromatic nitrogens is 3. The van der Waals surface area contributed by atoms with E-state index in [1.807, 2.05) is 34.6 Å². The molecule has 0 radical (unpaired) electrons. The van der Waals surface area contributed by atoms with Crippen LogP contribution in [-0.4, -0.2) is 32.7 Å². The minimum Gasteiger partial charge on any atom is -0.350 e. The molecule has 1 amide bonds. The van der Waals surface area contributed by atoms with Gasteiger partial charge in [0, 0.05) is 5.54 Å². The van der Waals surface area contributed by atoms with Crippen molar-refractivity contribution >= 4 is 11.9 Å². The number of amides is 1. The summed E-state index contributed by atoms with van der Waals surface area (Å²) in [6, 6.07) is -0.409. The normalized spacial score (nSPS) is 13.0. The molecule has 1 unspecified atom stereocenters. The van der Waals surface area contributed by atoms with E-state index in [0.717, 1.165) is 11.4 Å². The fourth-order valence-corrected chi connectivity index (χ4v) is 1.26. The zero-order valence-electron chi connectivity index (χ0n) is 11.8. The Balaban J connectivity index is 2.66. The number of nitrogens with one attached hydrogen (secondary N) is 2. The van der Waals surface area contributed by atoms with Crippen LogP contribution in [0.15, 0.2) is 0 Å². The summed E-state index contributed by atoms with van der Waals surface area (Å²) in [4.78, 5) is 16.1. The van der Waals surface area contributed by atoms with E-state index in [-0.39, 0.29) is 11.4 Å². The Morgan fingerprint density at radius 2 is 1.78 bits per heavy atom. The van der Waals surface area contributed by atoms with Gasteiger partial charge in [-0.15, -0.1) is 5.10 Å². The molecule has 100 valence electrons. The smallest absolute Gasteiger partial charge is 0.243 e. The minimum absolute atomic E-state index is 0.0932. The number of carbonyl (C=O) groups excluding carboxylic acids is 1. The molecule has 0 saturated carbocycles. The molecule has 2 N–H and O–H groups in total. The Morgan fingerprint density at radius 1 is 1.17 bits per heavy atom. The van der Waals surface area contributed by atoms with E-state index >= 15 is 0 Å². The van der Waals surface area contributed by atoms with Crippen molar-refractivity contribution in [3.8, 4) is 0 Å². The third kappa shape index (κ3) is 4.27. The lowest BCUT2D eigenvalue weighted by Gasteiger charge is -2.23. The standard InChI is InChI=1S/C12H21N5O/c1-7-8(2)16-17-11(13-7)14-9(3)10(18)15-12(4,5)6/h9H,1-6H3,(H,15,18)(H,13,14,17). The lowest BCUT2D eigenvalue weighted by molar-refractivity contribution is -0.122. The molecular weight excluding hydrogens is 230 g/mol. The van der Waals surface area contributed by atoms with Gasteiger partial charge in [-0.05, 0) is 41.5 Å². The van der Waals surface area contributed by atoms with E-state index in [1.54, 1.807) is 6.92 Å². The van der Waals surface area contributed by atoms with Crippen LogP contribution in [0.2, 0.25) is 0 Å². The fourth-order valence-electron chi connectivity index (χ4n) is 1.26. The topological polar surface area (TPSA) is 79.8 Å². The fraction of sp³-hybridized carbons (Fsp3) is 0.667. The first-order valence-electron chi connectivity index (χ1n) is 5.95. The molecule has 1 aromatic heterocycles. The summed E-state index contributed by atoms with van der Waals surface area (Å²) in [5.41, 5.74) is 1.33. The predicted octanol–water partition coefficient (Wildman–Crippen LogP) is 1.20. The van der Waals surface area contributed by atoms with E-state index < -0.39 is 6.04 Å². The maximum absolute atomic E-state index is 11.9. The molecule has 6 heteroatoms. The summed E-state index contributed by atoms with van der Waals surface area (Å²) in [7, 11) is 0. The SMILES string of the molecule is Cc1nnc(NC(C)C(=O)NC(C)(C)C)nc1C. The summed E-state index contributed by atoms with van der Waals surface area (Å²) in [5, 5.41) is 13.7. The van der Waals surface area contributed by atoms with Crippen molar-refractivity contribution < 1.29 is 4.79 Å². The average Bonchev–Trinajstić information content (AvgIpc) is 2.21. The molecule has 1 rings (SSSR count). The quantitative estimate of drug-likeness (QED) is 0.844. The van der Waals surface area contributed by atoms with E-state index in [1.165, 1.54) is 0 Å². The predicted molar refractivity (Wildman–Crippen MR) is 70.3 cm³/mol. The van der Waals surface area contributed by atoms with Crippen LogP contribution >= 0.6 is 0 Å². The monoisotopic (exact) mass is 251 g/mol. The van der Waals surface area contributed by atoms with Gasteiger partial charge in [0.05, 0.1) is 11.4 Å². The summed E-state index contributed by atoms with van der Waals surface area (Å²) in [5.74, 6) is 0.277. The number of carbonyl (C=O) groups is 1. The number of rotatable bonds is 3. The Labute approximate surface area is 108 Å². The lowest BCUT2D eigenvalue weighted by Crippen LogP contribution is -2.47. The Kier molecular flexibility index (Phi) is 4.21. The molecular formula is C12H21N5O. The second-order valence-electron chi connectivity index (χ2n) is 5.41. The molecule has 0 spiro atoms. The number of nitrogens with zero attached hydrogens (tertiary/aromatic N) is 3. The van der Waals surface area contributed by atoms with Crippen molar-refractivity contribution in [2.75, 3.05) is 5.32 Å². The summed E-state index contributed by atoms with van der Waals surface area (Å²) >= 11 is 0. The molecule has 18 heavy (non-hydrogen) atoms. The third-order valence-electron chi connectivity index (χ3n) is 2.33. The van der Waals surface area contributed by atoms with Gasteiger partial charge in [-0.2, -0.15) is 5.10 Å². The molecule has 1 aromatic rings. The van der Waals surface area contributed by atoms with Crippen molar-refractivity contribution in [1.29, 1.82) is 0 Å². The van der Waals surface area contributed by atoms with Gasteiger partial charge in [-0.25, -0.2) is 4.98 Å². The summed E-state index contributed by atoms with van der Waals surface area (Å²) in [6.45, 7) is 11.3. The lowest BCUT2D eigenvalue weighted by atomic mass is 10.1. The Hall–Kier alpha value is -1.72. The van der Waals surface area contributed by atoms with Crippen LogP contribution in [0, 0.1) is 13.8 Å². The van der Waals surface area contributed by atoms with E-state index in [2.05, 4.69) is 25.8 Å². The van der Waals surface area contributed by atoms with Crippen LogP contribution in [0.3, 0.4) is 0 Å². The van der Waals surface area contributed by atoms with Gasteiger partial charge in [-0.3, -0.25) is 4.79 Å². The van der Waals surface area contributed by atoms with Gasteiger partial charge >= 0.3 is 0 Å². The van der Waals surface area contributed by atoms with Crippen molar-refractivity contribution in [3.63, 3.8) is 0 Å². The summed E-state index contributed by atoms with van der Waals surface area (Å²) in [6.07, 6.45) is 0. The highest BCUT2D eigenvalue weighted by atomic mass is 16.2. The van der Waals surface area contributed by atoms with Gasteiger partial charge in [0.15, 0.2) is 0 Å². The van der Waals surface area contributed by atoms with Crippen LogP contribution in [-0.2, 0) is 4.79 Å². The molecule has 0 aliphatic heterocycles. The van der Waals surface area contributed by atoms with Gasteiger partial charge < -0.3 is 10.6 Å². The first-order valence-corrected chi connectivity index (χ1v) is 5.95. The van der Waals surface area contributed by atoms with Crippen LogP contribution in [0.1, 0.15) is 39.1 Å². The number of hydrogen-bond donors (Lipinski definition) is 2. The van der Waals surface area contributed by atoms with Crippen LogP contribution < -0.4 is 10.6 Å². The highest BCUT2D eigenvalue weighted by molar-refractivity contribution is 5.84. The first kappa shape index (κ1) is 14.3. The second kappa shape index (κ2) is 5.29. The van der Waals surface area contributed by atoms with Gasteiger partial charge in [0.1, 0.15) is 6.04 Å². The molecule has 0 aromatic carbocycles. The molecule has 0 fully saturated rings. The summed E-state index contributed by atoms with van der Waals surface area (Å²) < 4.78 is 0. The van der Waals surface area contributed by atoms with Crippen molar-refractivity contribution in [3.05, 3.63) is 11.4 Å². The largest absolute Gasteiger partial charge is 0.350 e. The zero-order chi connectivity index (χ0) is 13.9. The van der Waals surface area contributed by atoms with Gasteiger partial charge in [0.25, 0.3) is 0 Å². The molecule has 6 nitrogen and oxygen atoms in total. The third-order valence-corrected chi connectivity index (χ3v) is 2.33. The molecule has 1 heterocycles. The van der Waals surface area contributed by atoms with Crippen LogP contribution in [0.25, 0.3) is 0 Å². The molecule has 1 atom stereocenters. The van der Waals surface area contributed by atoms with Crippen LogP contribution in [0.5, 0.6) is 0 Å². The van der Waals surface area contributed by atoms with Gasteiger partial charge in [-0.1, -0.05) is 0 Å². The number of hydrogen-bond acceptors (Lipinski definition) is 5. The van der Waals surface area contributed by atoms with Crippen LogP contribution in [0.4, 0.5) is 5.95 Å². The highest BCUT2D eigenvalue weighted by Gasteiger charge is 2.19. The number of anilines is 1. The van der Waals surface area contributed by atoms with Crippen molar-refractivity contribution in [1.82, 2.24) is 20.5 Å². The maximum atomic E-state index is 11.9. The zero-order valence-corrected chi connectivity index (χ0v) is 11.8. The Morgan fingerprint density at radius 3 is 2.28 bits per heavy atom. The van der Waals surface area contributed by atoms with Crippen molar-refractivity contribution in [2.24, 2.45) is 0 Å².